The molecule has 1 aromatic heterocycles. The molecule has 0 saturated heterocycles. The number of rotatable bonds is 4. The van der Waals surface area contributed by atoms with Crippen LogP contribution in [0.4, 0.5) is 16.0 Å². The Morgan fingerprint density at radius 2 is 2.16 bits per heavy atom. The molecule has 0 spiro atoms. The molecule has 0 bridgehead atoms. The number of aryl methyl sites for hydroxylation is 1. The summed E-state index contributed by atoms with van der Waals surface area (Å²) >= 11 is 3.24. The van der Waals surface area contributed by atoms with Gasteiger partial charge in [0.1, 0.15) is 5.82 Å². The second-order valence-corrected chi connectivity index (χ2v) is 5.92. The van der Waals surface area contributed by atoms with Gasteiger partial charge in [0.2, 0.25) is 5.95 Å². The molecule has 3 nitrogen and oxygen atoms in total. The summed E-state index contributed by atoms with van der Waals surface area (Å²) < 4.78 is 16.5. The fourth-order valence-electron chi connectivity index (χ4n) is 1.89. The molecule has 0 saturated carbocycles. The Morgan fingerprint density at radius 1 is 1.42 bits per heavy atom. The van der Waals surface area contributed by atoms with Crippen molar-refractivity contribution in [1.29, 1.82) is 0 Å². The summed E-state index contributed by atoms with van der Waals surface area (Å²) in [5.74, 6) is 0.877. The van der Waals surface area contributed by atoms with E-state index in [2.05, 4.69) is 40.1 Å². The maximum absolute atomic E-state index is 13.8. The maximum atomic E-state index is 13.8. The first kappa shape index (κ1) is 14.1. The van der Waals surface area contributed by atoms with Crippen LogP contribution in [-0.4, -0.2) is 9.55 Å². The number of benzene rings is 1. The van der Waals surface area contributed by atoms with Crippen LogP contribution in [0, 0.1) is 18.7 Å². The van der Waals surface area contributed by atoms with E-state index in [0.29, 0.717) is 17.6 Å². The molecule has 0 aliphatic heterocycles. The first-order valence-electron chi connectivity index (χ1n) is 6.21. The van der Waals surface area contributed by atoms with Crippen molar-refractivity contribution in [3.8, 4) is 0 Å². The van der Waals surface area contributed by atoms with Gasteiger partial charge < -0.3 is 9.88 Å². The molecule has 2 aromatic rings. The van der Waals surface area contributed by atoms with Crippen LogP contribution in [0.15, 0.2) is 28.9 Å². The van der Waals surface area contributed by atoms with Crippen molar-refractivity contribution in [2.24, 2.45) is 5.92 Å². The summed E-state index contributed by atoms with van der Waals surface area (Å²) in [5, 5.41) is 3.05. The SMILES string of the molecule is Cc1cn(CC(C)C)c(Nc2ccc(Br)cc2F)n1. The van der Waals surface area contributed by atoms with Crippen LogP contribution in [0.25, 0.3) is 0 Å². The smallest absolute Gasteiger partial charge is 0.207 e. The van der Waals surface area contributed by atoms with Crippen LogP contribution in [0.1, 0.15) is 19.5 Å². The predicted molar refractivity (Wildman–Crippen MR) is 79.2 cm³/mol. The van der Waals surface area contributed by atoms with E-state index < -0.39 is 0 Å². The van der Waals surface area contributed by atoms with Gasteiger partial charge in [0.05, 0.1) is 11.4 Å². The van der Waals surface area contributed by atoms with Crippen molar-refractivity contribution in [1.82, 2.24) is 9.55 Å². The van der Waals surface area contributed by atoms with Crippen LogP contribution in [-0.2, 0) is 6.54 Å². The van der Waals surface area contributed by atoms with E-state index in [9.17, 15) is 4.39 Å². The summed E-state index contributed by atoms with van der Waals surface area (Å²) in [6.07, 6.45) is 1.97. The molecule has 0 aliphatic rings. The monoisotopic (exact) mass is 325 g/mol. The van der Waals surface area contributed by atoms with E-state index in [1.807, 2.05) is 17.7 Å². The highest BCUT2D eigenvalue weighted by atomic mass is 79.9. The molecule has 0 amide bonds. The lowest BCUT2D eigenvalue weighted by molar-refractivity contribution is 0.527. The predicted octanol–water partition coefficient (Wildman–Crippen LogP) is 4.49. The average Bonchev–Trinajstić information content (AvgIpc) is 2.62. The minimum atomic E-state index is -0.300. The summed E-state index contributed by atoms with van der Waals surface area (Å²) in [4.78, 5) is 4.40. The lowest BCUT2D eigenvalue weighted by Crippen LogP contribution is -2.08. The second-order valence-electron chi connectivity index (χ2n) is 5.00. The zero-order chi connectivity index (χ0) is 14.0. The second kappa shape index (κ2) is 5.74. The Labute approximate surface area is 121 Å². The lowest BCUT2D eigenvalue weighted by Gasteiger charge is -2.12. The van der Waals surface area contributed by atoms with Gasteiger partial charge in [-0.25, -0.2) is 9.37 Å². The molecule has 0 fully saturated rings. The van der Waals surface area contributed by atoms with E-state index in [4.69, 9.17) is 0 Å². The standard InChI is InChI=1S/C14H17BrFN3/c1-9(2)7-19-8-10(3)17-14(19)18-13-5-4-11(15)6-12(13)16/h4-6,8-9H,7H2,1-3H3,(H,17,18). The maximum Gasteiger partial charge on any atom is 0.207 e. The first-order chi connectivity index (χ1) is 8.95. The van der Waals surface area contributed by atoms with E-state index in [-0.39, 0.29) is 5.82 Å². The first-order valence-corrected chi connectivity index (χ1v) is 7.01. The van der Waals surface area contributed by atoms with Crippen LogP contribution >= 0.6 is 15.9 Å². The molecule has 19 heavy (non-hydrogen) atoms. The fraction of sp³-hybridized carbons (Fsp3) is 0.357. The molecule has 1 aromatic carbocycles. The number of nitrogens with one attached hydrogen (secondary N) is 1. The quantitative estimate of drug-likeness (QED) is 0.897. The van der Waals surface area contributed by atoms with Gasteiger partial charge in [-0.2, -0.15) is 0 Å². The average molecular weight is 326 g/mol. The Kier molecular flexibility index (Phi) is 4.24. The van der Waals surface area contributed by atoms with Crippen LogP contribution in [0.2, 0.25) is 0 Å². The molecule has 1 N–H and O–H groups in total. The zero-order valence-electron chi connectivity index (χ0n) is 11.2. The number of hydrogen-bond acceptors (Lipinski definition) is 2. The van der Waals surface area contributed by atoms with Crippen LogP contribution in [0.5, 0.6) is 0 Å². The molecule has 1 heterocycles. The fourth-order valence-corrected chi connectivity index (χ4v) is 2.22. The van der Waals surface area contributed by atoms with Gasteiger partial charge >= 0.3 is 0 Å². The third kappa shape index (κ3) is 3.56. The molecule has 0 aliphatic carbocycles. The zero-order valence-corrected chi connectivity index (χ0v) is 12.8. The molecule has 102 valence electrons. The molecule has 2 rings (SSSR count). The van der Waals surface area contributed by atoms with Gasteiger partial charge in [0, 0.05) is 17.2 Å². The molecular weight excluding hydrogens is 309 g/mol. The van der Waals surface area contributed by atoms with Gasteiger partial charge in [0.15, 0.2) is 0 Å². The van der Waals surface area contributed by atoms with Gasteiger partial charge in [-0.15, -0.1) is 0 Å². The summed E-state index contributed by atoms with van der Waals surface area (Å²) in [6, 6.07) is 4.93. The van der Waals surface area contributed by atoms with E-state index >= 15 is 0 Å². The normalized spacial score (nSPS) is 11.1. The van der Waals surface area contributed by atoms with Gasteiger partial charge in [-0.05, 0) is 31.0 Å². The van der Waals surface area contributed by atoms with Crippen molar-refractivity contribution in [3.05, 3.63) is 40.4 Å². The van der Waals surface area contributed by atoms with E-state index in [0.717, 1.165) is 16.7 Å². The summed E-state index contributed by atoms with van der Waals surface area (Å²) in [7, 11) is 0. The van der Waals surface area contributed by atoms with Crippen molar-refractivity contribution in [2.45, 2.75) is 27.3 Å². The highest BCUT2D eigenvalue weighted by Crippen LogP contribution is 2.23. The van der Waals surface area contributed by atoms with Crippen molar-refractivity contribution in [2.75, 3.05) is 5.32 Å². The van der Waals surface area contributed by atoms with Crippen molar-refractivity contribution in [3.63, 3.8) is 0 Å². The lowest BCUT2D eigenvalue weighted by atomic mass is 10.2. The van der Waals surface area contributed by atoms with Crippen molar-refractivity contribution < 1.29 is 4.39 Å². The third-order valence-corrected chi connectivity index (χ3v) is 3.13. The van der Waals surface area contributed by atoms with Crippen LogP contribution in [0.3, 0.4) is 0 Å². The number of halogens is 2. The van der Waals surface area contributed by atoms with E-state index in [1.165, 1.54) is 6.07 Å². The topological polar surface area (TPSA) is 29.9 Å². The number of hydrogen-bond donors (Lipinski definition) is 1. The third-order valence-electron chi connectivity index (χ3n) is 2.64. The van der Waals surface area contributed by atoms with E-state index in [1.54, 1.807) is 12.1 Å². The van der Waals surface area contributed by atoms with Gasteiger partial charge in [-0.3, -0.25) is 0 Å². The number of imidazole rings is 1. The number of aromatic nitrogens is 2. The summed E-state index contributed by atoms with van der Waals surface area (Å²) in [6.45, 7) is 7.06. The molecule has 5 heteroatoms. The molecule has 0 unspecified atom stereocenters. The number of anilines is 2. The Bertz CT molecular complexity index is 578. The van der Waals surface area contributed by atoms with Gasteiger partial charge in [-0.1, -0.05) is 29.8 Å². The molecular formula is C14H17BrFN3. The van der Waals surface area contributed by atoms with Crippen LogP contribution < -0.4 is 5.32 Å². The highest BCUT2D eigenvalue weighted by molar-refractivity contribution is 9.10. The Balaban J connectivity index is 2.27. The molecule has 0 atom stereocenters. The Morgan fingerprint density at radius 3 is 2.79 bits per heavy atom. The minimum Gasteiger partial charge on any atom is -0.323 e. The summed E-state index contributed by atoms with van der Waals surface area (Å²) in [5.41, 5.74) is 1.35. The largest absolute Gasteiger partial charge is 0.323 e. The Hall–Kier alpha value is -1.36. The van der Waals surface area contributed by atoms with Crippen molar-refractivity contribution >= 4 is 27.6 Å². The molecule has 0 radical (unpaired) electrons. The highest BCUT2D eigenvalue weighted by Gasteiger charge is 2.10. The number of nitrogens with zero attached hydrogens (tertiary/aromatic N) is 2. The van der Waals surface area contributed by atoms with Gasteiger partial charge in [0.25, 0.3) is 0 Å². The minimum absolute atomic E-state index is 0.300.